The topological polar surface area (TPSA) is 79.6 Å². The van der Waals surface area contributed by atoms with E-state index in [2.05, 4.69) is 19.2 Å². The second kappa shape index (κ2) is 9.28. The average molecular weight is 411 g/mol. The molecule has 0 radical (unpaired) electrons. The summed E-state index contributed by atoms with van der Waals surface area (Å²) in [7, 11) is 0. The van der Waals surface area contributed by atoms with Crippen LogP contribution in [-0.2, 0) is 6.42 Å². The number of carbonyl (C=O) groups is 2. The van der Waals surface area contributed by atoms with Crippen molar-refractivity contribution in [2.75, 3.05) is 18.4 Å². The van der Waals surface area contributed by atoms with Crippen molar-refractivity contribution in [1.82, 2.24) is 4.90 Å². The number of aryl methyl sites for hydroxylation is 2. The first kappa shape index (κ1) is 21.8. The maximum atomic E-state index is 12.9. The van der Waals surface area contributed by atoms with E-state index in [1.54, 1.807) is 31.2 Å². The maximum absolute atomic E-state index is 12.9. The molecule has 0 spiro atoms. The van der Waals surface area contributed by atoms with Crippen LogP contribution in [0.3, 0.4) is 0 Å². The van der Waals surface area contributed by atoms with Crippen LogP contribution in [0.15, 0.2) is 33.5 Å². The van der Waals surface area contributed by atoms with Crippen LogP contribution in [0.1, 0.15) is 70.7 Å². The molecular weight excluding hydrogens is 380 g/mol. The van der Waals surface area contributed by atoms with Crippen molar-refractivity contribution in [2.24, 2.45) is 5.92 Å². The minimum atomic E-state index is -0.631. The Bertz CT molecular complexity index is 1000. The van der Waals surface area contributed by atoms with Crippen molar-refractivity contribution >= 4 is 17.5 Å². The summed E-state index contributed by atoms with van der Waals surface area (Å²) in [5, 5.41) is 2.79. The lowest BCUT2D eigenvalue weighted by atomic mass is 10.0. The van der Waals surface area contributed by atoms with Crippen molar-refractivity contribution in [3.63, 3.8) is 0 Å². The molecule has 6 heteroatoms. The van der Waals surface area contributed by atoms with Crippen LogP contribution in [0.25, 0.3) is 0 Å². The van der Waals surface area contributed by atoms with E-state index < -0.39 is 11.5 Å². The lowest BCUT2D eigenvalue weighted by Crippen LogP contribution is -2.28. The fourth-order valence-electron chi connectivity index (χ4n) is 3.78. The molecule has 1 aliphatic heterocycles. The van der Waals surface area contributed by atoms with Gasteiger partial charge < -0.3 is 14.6 Å². The van der Waals surface area contributed by atoms with E-state index >= 15 is 0 Å². The zero-order valence-corrected chi connectivity index (χ0v) is 18.2. The molecule has 0 unspecified atom stereocenters. The molecule has 0 aliphatic carbocycles. The molecule has 1 N–H and O–H groups in total. The van der Waals surface area contributed by atoms with Crippen LogP contribution in [0.5, 0.6) is 0 Å². The molecule has 1 aromatic carbocycles. The first-order valence-electron chi connectivity index (χ1n) is 10.6. The summed E-state index contributed by atoms with van der Waals surface area (Å²) in [6, 6.07) is 7.02. The Labute approximate surface area is 177 Å². The molecule has 6 nitrogen and oxygen atoms in total. The highest BCUT2D eigenvalue weighted by Gasteiger charge is 2.23. The molecule has 2 aromatic rings. The van der Waals surface area contributed by atoms with Crippen LogP contribution < -0.4 is 10.9 Å². The maximum Gasteiger partial charge on any atom is 0.349 e. The number of hydrogen-bond acceptors (Lipinski definition) is 4. The molecule has 1 aliphatic rings. The van der Waals surface area contributed by atoms with Gasteiger partial charge in [0.05, 0.1) is 0 Å². The van der Waals surface area contributed by atoms with Gasteiger partial charge in [0.15, 0.2) is 0 Å². The minimum absolute atomic E-state index is 0.000954. The Morgan fingerprint density at radius 1 is 1.17 bits per heavy atom. The highest BCUT2D eigenvalue weighted by Crippen LogP contribution is 2.23. The summed E-state index contributed by atoms with van der Waals surface area (Å²) in [6.07, 6.45) is 3.60. The van der Waals surface area contributed by atoms with E-state index in [0.29, 0.717) is 40.5 Å². The van der Waals surface area contributed by atoms with E-state index in [9.17, 15) is 14.4 Å². The molecule has 2 heterocycles. The number of likely N-dealkylation sites (tertiary alicyclic amines) is 1. The summed E-state index contributed by atoms with van der Waals surface area (Å²) in [5.74, 6) is 0.547. The van der Waals surface area contributed by atoms with Crippen LogP contribution >= 0.6 is 0 Å². The third-order valence-corrected chi connectivity index (χ3v) is 5.60. The summed E-state index contributed by atoms with van der Waals surface area (Å²) in [5.41, 5.74) is 1.74. The summed E-state index contributed by atoms with van der Waals surface area (Å²) < 4.78 is 5.38. The molecular formula is C24H30N2O4. The number of amides is 2. The Hall–Kier alpha value is -2.89. The molecule has 0 atom stereocenters. The van der Waals surface area contributed by atoms with Gasteiger partial charge in [-0.1, -0.05) is 19.9 Å². The van der Waals surface area contributed by atoms with Gasteiger partial charge in [0.25, 0.3) is 11.8 Å². The molecule has 0 bridgehead atoms. The van der Waals surface area contributed by atoms with Gasteiger partial charge in [0, 0.05) is 30.8 Å². The quantitative estimate of drug-likeness (QED) is 0.769. The number of nitrogens with zero attached hydrogens (tertiary/aromatic N) is 1. The second-order valence-corrected chi connectivity index (χ2v) is 8.42. The van der Waals surface area contributed by atoms with Gasteiger partial charge in [-0.25, -0.2) is 4.79 Å². The molecule has 1 aromatic heterocycles. The van der Waals surface area contributed by atoms with Gasteiger partial charge in [-0.15, -0.1) is 0 Å². The lowest BCUT2D eigenvalue weighted by Gasteiger charge is -2.18. The highest BCUT2D eigenvalue weighted by atomic mass is 16.4. The minimum Gasteiger partial charge on any atom is -0.427 e. The number of carbonyl (C=O) groups excluding carboxylic acids is 2. The molecule has 0 saturated carbocycles. The van der Waals surface area contributed by atoms with Crippen LogP contribution in [-0.4, -0.2) is 29.8 Å². The van der Waals surface area contributed by atoms with Crippen molar-refractivity contribution < 1.29 is 14.0 Å². The average Bonchev–Trinajstić information content (AvgIpc) is 3.22. The van der Waals surface area contributed by atoms with E-state index in [4.69, 9.17) is 4.42 Å². The summed E-state index contributed by atoms with van der Waals surface area (Å²) in [4.78, 5) is 40.0. The van der Waals surface area contributed by atoms with Gasteiger partial charge in [-0.2, -0.15) is 0 Å². The standard InChI is InChI=1S/C24H30N2O4/c1-15(2)10-11-18-14-16(3)21(24(29)30-18)22(27)25-20-9-7-8-19(17(20)4)23(28)26-12-5-6-13-26/h7-9,14-15H,5-6,10-13H2,1-4H3,(H,25,27). The Morgan fingerprint density at radius 2 is 1.87 bits per heavy atom. The smallest absolute Gasteiger partial charge is 0.349 e. The fourth-order valence-corrected chi connectivity index (χ4v) is 3.78. The van der Waals surface area contributed by atoms with Crippen LogP contribution in [0, 0.1) is 19.8 Å². The second-order valence-electron chi connectivity index (χ2n) is 8.42. The monoisotopic (exact) mass is 410 g/mol. The Morgan fingerprint density at radius 3 is 2.50 bits per heavy atom. The van der Waals surface area contributed by atoms with Gasteiger partial charge in [0.1, 0.15) is 11.3 Å². The zero-order chi connectivity index (χ0) is 21.8. The van der Waals surface area contributed by atoms with E-state index in [-0.39, 0.29) is 11.5 Å². The zero-order valence-electron chi connectivity index (χ0n) is 18.2. The Kier molecular flexibility index (Phi) is 6.75. The number of anilines is 1. The molecule has 30 heavy (non-hydrogen) atoms. The van der Waals surface area contributed by atoms with Gasteiger partial charge in [0.2, 0.25) is 0 Å². The van der Waals surface area contributed by atoms with Crippen LogP contribution in [0.4, 0.5) is 5.69 Å². The van der Waals surface area contributed by atoms with Crippen molar-refractivity contribution in [3.05, 3.63) is 62.7 Å². The number of benzene rings is 1. The first-order valence-corrected chi connectivity index (χ1v) is 10.6. The van der Waals surface area contributed by atoms with Gasteiger partial charge in [-0.05, 0) is 68.4 Å². The third-order valence-electron chi connectivity index (χ3n) is 5.60. The molecule has 3 rings (SSSR count). The molecule has 2 amide bonds. The van der Waals surface area contributed by atoms with E-state index in [1.165, 1.54) is 0 Å². The van der Waals surface area contributed by atoms with Crippen LogP contribution in [0.2, 0.25) is 0 Å². The van der Waals surface area contributed by atoms with Crippen molar-refractivity contribution in [2.45, 2.75) is 53.4 Å². The highest BCUT2D eigenvalue weighted by molar-refractivity contribution is 6.06. The number of rotatable bonds is 6. The van der Waals surface area contributed by atoms with E-state index in [1.807, 2.05) is 11.8 Å². The SMILES string of the molecule is Cc1cc(CCC(C)C)oc(=O)c1C(=O)Nc1cccc(C(=O)N2CCCC2)c1C. The normalized spacial score (nSPS) is 13.7. The first-order chi connectivity index (χ1) is 14.3. The third kappa shape index (κ3) is 4.81. The number of nitrogens with one attached hydrogen (secondary N) is 1. The largest absolute Gasteiger partial charge is 0.427 e. The number of hydrogen-bond donors (Lipinski definition) is 1. The predicted octanol–water partition coefficient (Wildman–Crippen LogP) is 4.33. The summed E-state index contributed by atoms with van der Waals surface area (Å²) >= 11 is 0. The van der Waals surface area contributed by atoms with E-state index in [0.717, 1.165) is 32.4 Å². The van der Waals surface area contributed by atoms with Crippen molar-refractivity contribution in [1.29, 1.82) is 0 Å². The molecule has 1 saturated heterocycles. The van der Waals surface area contributed by atoms with Gasteiger partial charge in [-0.3, -0.25) is 9.59 Å². The molecule has 160 valence electrons. The predicted molar refractivity (Wildman–Crippen MR) is 117 cm³/mol. The van der Waals surface area contributed by atoms with Crippen molar-refractivity contribution in [3.8, 4) is 0 Å². The lowest BCUT2D eigenvalue weighted by molar-refractivity contribution is 0.0791. The fraction of sp³-hybridized carbons (Fsp3) is 0.458. The Balaban J connectivity index is 1.82. The summed E-state index contributed by atoms with van der Waals surface area (Å²) in [6.45, 7) is 9.29. The van der Waals surface area contributed by atoms with Gasteiger partial charge >= 0.3 is 5.63 Å². The molecule has 1 fully saturated rings.